The number of likely N-dealkylation sites (N-methyl/N-ethyl adjacent to an activating group) is 1. The van der Waals surface area contributed by atoms with Crippen LogP contribution in [0.5, 0.6) is 11.5 Å². The molecule has 0 aliphatic carbocycles. The molecule has 0 bridgehead atoms. The molecule has 0 aromatic heterocycles. The third kappa shape index (κ3) is 18.2. The van der Waals surface area contributed by atoms with E-state index in [9.17, 15) is 19.5 Å². The van der Waals surface area contributed by atoms with E-state index in [1.807, 2.05) is 67.1 Å². The van der Waals surface area contributed by atoms with Crippen LogP contribution in [-0.4, -0.2) is 135 Å². The van der Waals surface area contributed by atoms with Crippen LogP contribution >= 0.6 is 0 Å². The Bertz CT molecular complexity index is 2230. The fraction of sp³-hybridized carbons (Fsp3) is 0.526. The van der Waals surface area contributed by atoms with Crippen LogP contribution in [-0.2, 0) is 14.3 Å². The van der Waals surface area contributed by atoms with E-state index < -0.39 is 6.04 Å². The van der Waals surface area contributed by atoms with E-state index in [-0.39, 0.29) is 41.7 Å². The smallest absolute Gasteiger partial charge is 0.320 e. The zero-order chi connectivity index (χ0) is 53.3. The molecule has 3 aliphatic rings. The van der Waals surface area contributed by atoms with Crippen LogP contribution in [0.15, 0.2) is 103 Å². The number of para-hydroxylation sites is 1. The van der Waals surface area contributed by atoms with Crippen molar-refractivity contribution in [1.82, 2.24) is 25.3 Å². The molecule has 0 saturated carbocycles. The molecule has 4 amide bonds. The number of rotatable bonds is 21. The maximum atomic E-state index is 13.9. The number of phenols is 1. The lowest BCUT2D eigenvalue weighted by Gasteiger charge is -2.47. The van der Waals surface area contributed by atoms with Gasteiger partial charge >= 0.3 is 6.03 Å². The monoisotopic (exact) mass is 1010 g/mol. The number of hydrogen-bond acceptors (Lipinski definition) is 13. The number of carbonyl (C=O) groups is 3. The highest BCUT2D eigenvalue weighted by Crippen LogP contribution is 2.31. The summed E-state index contributed by atoms with van der Waals surface area (Å²) >= 11 is 0. The Kier molecular flexibility index (Phi) is 25.3. The highest BCUT2D eigenvalue weighted by molar-refractivity contribution is 5.92. The van der Waals surface area contributed by atoms with Gasteiger partial charge < -0.3 is 61.6 Å². The van der Waals surface area contributed by atoms with Crippen LogP contribution in [0.1, 0.15) is 97.6 Å². The van der Waals surface area contributed by atoms with E-state index in [4.69, 9.17) is 26.7 Å². The fourth-order valence-corrected chi connectivity index (χ4v) is 9.18. The molecule has 3 fully saturated rings. The molecule has 6 rings (SSSR count). The molecule has 3 saturated heterocycles. The number of urea groups is 1. The Morgan fingerprint density at radius 3 is 2.15 bits per heavy atom. The predicted octanol–water partition coefficient (Wildman–Crippen LogP) is 7.52. The zero-order valence-corrected chi connectivity index (χ0v) is 45.1. The number of hydrogen-bond donors (Lipinski definition) is 6. The van der Waals surface area contributed by atoms with Crippen LogP contribution in [0.4, 0.5) is 16.2 Å². The largest absolute Gasteiger partial charge is 0.507 e. The molecule has 9 N–H and O–H groups in total. The zero-order valence-electron chi connectivity index (χ0n) is 45.1. The van der Waals surface area contributed by atoms with E-state index in [2.05, 4.69) is 90.3 Å². The summed E-state index contributed by atoms with van der Waals surface area (Å²) in [6, 6.07) is 23.3. The Morgan fingerprint density at radius 1 is 0.904 bits per heavy atom. The maximum Gasteiger partial charge on any atom is 0.320 e. The van der Waals surface area contributed by atoms with Gasteiger partial charge in [0.15, 0.2) is 0 Å². The molecule has 402 valence electrons. The number of nitrogens with zero attached hydrogens (tertiary/aromatic N) is 5. The number of allylic oxidation sites excluding steroid dienone is 2. The topological polar surface area (TPSA) is 208 Å². The SMILES string of the molecule is C/C=C\CN(CC(C)CC)C(/C=C(\N)c1ccccc1O)=C(N)N.CCCC(C(=O)NC=O)N(C)c1cccc(N2CCC(N(C(=O)N3CCC(Oc4cccc(C)c4)CC3)C3COC3)CC2)c1.CCNCC. The highest BCUT2D eigenvalue weighted by Gasteiger charge is 2.40. The summed E-state index contributed by atoms with van der Waals surface area (Å²) < 4.78 is 11.8. The number of aromatic hydroxyl groups is 1. The predicted molar refractivity (Wildman–Crippen MR) is 297 cm³/mol. The number of ether oxygens (including phenoxy) is 2. The minimum Gasteiger partial charge on any atom is -0.507 e. The first kappa shape index (κ1) is 59.2. The third-order valence-electron chi connectivity index (χ3n) is 13.7. The van der Waals surface area contributed by atoms with E-state index in [0.29, 0.717) is 68.6 Å². The van der Waals surface area contributed by atoms with Gasteiger partial charge in [-0.15, -0.1) is 0 Å². The van der Waals surface area contributed by atoms with E-state index in [1.165, 1.54) is 5.56 Å². The quantitative estimate of drug-likeness (QED) is 0.0347. The lowest BCUT2D eigenvalue weighted by Crippen LogP contribution is -2.62. The molecule has 3 aromatic carbocycles. The first-order chi connectivity index (χ1) is 35.2. The van der Waals surface area contributed by atoms with Crippen molar-refractivity contribution in [2.24, 2.45) is 23.1 Å². The number of nitrogens with one attached hydrogen (secondary N) is 2. The number of anilines is 2. The minimum atomic E-state index is -0.422. The first-order valence-corrected chi connectivity index (χ1v) is 26.5. The molecule has 2 atom stereocenters. The average Bonchev–Trinajstić information content (AvgIpc) is 3.37. The summed E-state index contributed by atoms with van der Waals surface area (Å²) in [5, 5.41) is 15.4. The number of amides is 4. The molecule has 16 nitrogen and oxygen atoms in total. The van der Waals surface area contributed by atoms with Gasteiger partial charge in [0.1, 0.15) is 29.5 Å². The van der Waals surface area contributed by atoms with Gasteiger partial charge in [-0.3, -0.25) is 14.9 Å². The summed E-state index contributed by atoms with van der Waals surface area (Å²) in [7, 11) is 1.90. The van der Waals surface area contributed by atoms with Crippen molar-refractivity contribution in [2.75, 3.05) is 82.4 Å². The Balaban J connectivity index is 0.000000335. The van der Waals surface area contributed by atoms with Crippen molar-refractivity contribution in [3.8, 4) is 11.5 Å². The van der Waals surface area contributed by atoms with Gasteiger partial charge in [-0.2, -0.15) is 0 Å². The minimum absolute atomic E-state index is 0.121. The van der Waals surface area contributed by atoms with Crippen molar-refractivity contribution in [3.05, 3.63) is 114 Å². The summed E-state index contributed by atoms with van der Waals surface area (Å²) in [6.45, 7) is 22.6. The standard InChI is InChI=1S/C34H47N5O5.C19H30N4O.C4H11N/c1-4-7-32(33(41)35-24-40)36(3)27-9-6-10-28(21-27)37-16-12-26(13-17-37)39(29-22-43-23-29)34(42)38-18-14-30(15-19-38)44-31-11-5-8-25(2)20-31;1-4-6-11-23(13-14(3)5-2)17(19(21)22)12-16(20)15-9-7-8-10-18(15)24;1-3-5-4-2/h5-6,8-11,20-21,24,26,29-30,32H,4,7,12-19,22-23H2,1-3H3,(H,35,40,41);4,6-10,12,14,24H,5,11,13,20-22H2,1-3H3;5H,3-4H2,1-2H3/b;6-4-,16-12-;. The number of nitrogens with two attached hydrogens (primary N) is 3. The highest BCUT2D eigenvalue weighted by atomic mass is 16.5. The fourth-order valence-electron chi connectivity index (χ4n) is 9.18. The third-order valence-corrected chi connectivity index (χ3v) is 13.7. The van der Waals surface area contributed by atoms with Gasteiger partial charge in [-0.1, -0.05) is 89.9 Å². The van der Waals surface area contributed by atoms with Crippen molar-refractivity contribution >= 4 is 35.4 Å². The van der Waals surface area contributed by atoms with Crippen LogP contribution in [0.25, 0.3) is 5.70 Å². The normalized spacial score (nSPS) is 16.1. The number of carbonyl (C=O) groups excluding carboxylic acids is 3. The van der Waals surface area contributed by atoms with Crippen molar-refractivity contribution in [1.29, 1.82) is 0 Å². The Morgan fingerprint density at radius 2 is 1.59 bits per heavy atom. The second-order valence-corrected chi connectivity index (χ2v) is 19.2. The molecule has 3 aromatic rings. The number of imide groups is 1. The molecule has 3 heterocycles. The maximum absolute atomic E-state index is 13.9. The van der Waals surface area contributed by atoms with Gasteiger partial charge in [0.05, 0.1) is 25.0 Å². The van der Waals surface area contributed by atoms with E-state index in [0.717, 1.165) is 88.4 Å². The molecule has 3 aliphatic heterocycles. The Labute approximate surface area is 436 Å². The van der Waals surface area contributed by atoms with Crippen LogP contribution < -0.4 is 42.4 Å². The lowest BCUT2D eigenvalue weighted by atomic mass is 9.99. The van der Waals surface area contributed by atoms with Gasteiger partial charge in [-0.05, 0) is 106 Å². The van der Waals surface area contributed by atoms with Gasteiger partial charge in [0.2, 0.25) is 12.3 Å². The molecule has 73 heavy (non-hydrogen) atoms. The molecule has 2 unspecified atom stereocenters. The van der Waals surface area contributed by atoms with Crippen LogP contribution in [0.2, 0.25) is 0 Å². The van der Waals surface area contributed by atoms with E-state index >= 15 is 0 Å². The molecule has 0 spiro atoms. The second-order valence-electron chi connectivity index (χ2n) is 19.2. The molecule has 16 heteroatoms. The van der Waals surface area contributed by atoms with Crippen molar-refractivity contribution in [2.45, 2.75) is 118 Å². The molecule has 0 radical (unpaired) electrons. The van der Waals surface area contributed by atoms with Crippen molar-refractivity contribution in [3.63, 3.8) is 0 Å². The first-order valence-electron chi connectivity index (χ1n) is 26.5. The van der Waals surface area contributed by atoms with Crippen molar-refractivity contribution < 1.29 is 29.0 Å². The Hall–Kier alpha value is -6.39. The van der Waals surface area contributed by atoms with E-state index in [1.54, 1.807) is 24.3 Å². The van der Waals surface area contributed by atoms with Gasteiger partial charge in [-0.25, -0.2) is 4.79 Å². The average molecular weight is 1010 g/mol. The van der Waals surface area contributed by atoms with Crippen LogP contribution in [0.3, 0.4) is 0 Å². The number of aryl methyl sites for hydroxylation is 1. The number of piperidine rings is 2. The summed E-state index contributed by atoms with van der Waals surface area (Å²) in [6.07, 6.45) is 12.3. The molecular formula is C57H88N10O6. The number of benzene rings is 3. The van der Waals surface area contributed by atoms with Crippen LogP contribution in [0, 0.1) is 12.8 Å². The van der Waals surface area contributed by atoms with Gasteiger partial charge in [0, 0.05) is 87.8 Å². The lowest BCUT2D eigenvalue weighted by molar-refractivity contribution is -0.126. The van der Waals surface area contributed by atoms with Gasteiger partial charge in [0.25, 0.3) is 0 Å². The second kappa shape index (κ2) is 31.3. The number of likely N-dealkylation sites (tertiary alicyclic amines) is 1. The summed E-state index contributed by atoms with van der Waals surface area (Å²) in [5.74, 6) is 1.44. The number of phenolic OH excluding ortho intramolecular Hbond substituents is 1. The summed E-state index contributed by atoms with van der Waals surface area (Å²) in [5.41, 5.74) is 22.9. The summed E-state index contributed by atoms with van der Waals surface area (Å²) in [4.78, 5) is 47.9. The molecular weight excluding hydrogens is 921 g/mol.